The Morgan fingerprint density at radius 1 is 1.00 bits per heavy atom. The maximum absolute atomic E-state index is 12.9. The molecule has 2 aromatic rings. The summed E-state index contributed by atoms with van der Waals surface area (Å²) in [4.78, 5) is 28.1. The number of ether oxygens (including phenoxy) is 1. The summed E-state index contributed by atoms with van der Waals surface area (Å²) in [6, 6.07) is 13.4. The van der Waals surface area contributed by atoms with Crippen LogP contribution in [0.2, 0.25) is 0 Å². The van der Waals surface area contributed by atoms with E-state index in [1.54, 1.807) is 6.07 Å². The van der Waals surface area contributed by atoms with Gasteiger partial charge in [-0.15, -0.1) is 0 Å². The molecule has 0 spiro atoms. The molecule has 1 unspecified atom stereocenters. The van der Waals surface area contributed by atoms with Crippen molar-refractivity contribution in [1.82, 2.24) is 10.2 Å². The first-order chi connectivity index (χ1) is 14.6. The van der Waals surface area contributed by atoms with Crippen molar-refractivity contribution in [2.75, 3.05) is 32.8 Å². The fraction of sp³-hybridized carbons (Fsp3) is 0.440. The Morgan fingerprint density at radius 2 is 1.67 bits per heavy atom. The van der Waals surface area contributed by atoms with E-state index in [1.165, 1.54) is 0 Å². The van der Waals surface area contributed by atoms with Gasteiger partial charge in [-0.05, 0) is 29.2 Å². The number of benzene rings is 2. The van der Waals surface area contributed by atoms with Gasteiger partial charge < -0.3 is 10.1 Å². The molecule has 1 fully saturated rings. The van der Waals surface area contributed by atoms with E-state index >= 15 is 0 Å². The molecule has 30 heavy (non-hydrogen) atoms. The lowest BCUT2D eigenvalue weighted by Gasteiger charge is -2.38. The van der Waals surface area contributed by atoms with E-state index < -0.39 is 0 Å². The molecule has 0 saturated carbocycles. The molecule has 1 N–H and O–H groups in total. The van der Waals surface area contributed by atoms with Crippen LogP contribution >= 0.6 is 0 Å². The van der Waals surface area contributed by atoms with Crippen LogP contribution in [0.3, 0.4) is 0 Å². The van der Waals surface area contributed by atoms with E-state index in [0.717, 1.165) is 50.3 Å². The van der Waals surface area contributed by atoms with Gasteiger partial charge in [-0.1, -0.05) is 57.0 Å². The molecule has 2 aliphatic rings. The largest absolute Gasteiger partial charge is 0.379 e. The summed E-state index contributed by atoms with van der Waals surface area (Å²) in [6.45, 7) is 8.35. The molecular weight excluding hydrogens is 376 g/mol. The molecule has 0 bridgehead atoms. The van der Waals surface area contributed by atoms with Gasteiger partial charge in [0, 0.05) is 42.4 Å². The summed E-state index contributed by atoms with van der Waals surface area (Å²) in [5.41, 5.74) is 3.74. The van der Waals surface area contributed by atoms with Crippen molar-refractivity contribution in [3.63, 3.8) is 0 Å². The van der Waals surface area contributed by atoms with Gasteiger partial charge in [-0.25, -0.2) is 0 Å². The lowest BCUT2D eigenvalue weighted by Crippen LogP contribution is -2.52. The fourth-order valence-electron chi connectivity index (χ4n) is 4.80. The van der Waals surface area contributed by atoms with Crippen molar-refractivity contribution in [2.24, 2.45) is 5.92 Å². The topological polar surface area (TPSA) is 58.6 Å². The third-order valence-corrected chi connectivity index (χ3v) is 6.57. The van der Waals surface area contributed by atoms with Crippen molar-refractivity contribution in [3.05, 3.63) is 59.2 Å². The average molecular weight is 407 g/mol. The van der Waals surface area contributed by atoms with Gasteiger partial charge in [0.2, 0.25) is 0 Å². The van der Waals surface area contributed by atoms with Gasteiger partial charge in [0.1, 0.15) is 0 Å². The van der Waals surface area contributed by atoms with Crippen LogP contribution in [0.15, 0.2) is 42.5 Å². The summed E-state index contributed by atoms with van der Waals surface area (Å²) in [5.74, 6) is 0.406. The number of carbonyl (C=O) groups is 2. The number of hydrogen-bond acceptors (Lipinski definition) is 4. The first-order valence-corrected chi connectivity index (χ1v) is 11.0. The molecule has 5 heteroatoms. The minimum Gasteiger partial charge on any atom is -0.379 e. The summed E-state index contributed by atoms with van der Waals surface area (Å²) in [6.07, 6.45) is 2.17. The maximum atomic E-state index is 12.9. The summed E-state index contributed by atoms with van der Waals surface area (Å²) in [7, 11) is 0. The van der Waals surface area contributed by atoms with Crippen molar-refractivity contribution < 1.29 is 14.3 Å². The van der Waals surface area contributed by atoms with Crippen LogP contribution in [-0.4, -0.2) is 55.5 Å². The predicted molar refractivity (Wildman–Crippen MR) is 118 cm³/mol. The number of ketones is 1. The van der Waals surface area contributed by atoms with Crippen LogP contribution in [0.4, 0.5) is 0 Å². The number of nitrogens with one attached hydrogen (secondary N) is 1. The Hall–Kier alpha value is -2.50. The summed E-state index contributed by atoms with van der Waals surface area (Å²) >= 11 is 0. The van der Waals surface area contributed by atoms with Crippen molar-refractivity contribution in [3.8, 4) is 11.1 Å². The van der Waals surface area contributed by atoms with Gasteiger partial charge in [-0.2, -0.15) is 0 Å². The molecule has 0 aromatic heterocycles. The fourth-order valence-corrected chi connectivity index (χ4v) is 4.80. The van der Waals surface area contributed by atoms with Crippen LogP contribution in [0.1, 0.15) is 53.0 Å². The Balaban J connectivity index is 1.49. The van der Waals surface area contributed by atoms with Crippen molar-refractivity contribution in [2.45, 2.75) is 32.7 Å². The van der Waals surface area contributed by atoms with Gasteiger partial charge in [-0.3, -0.25) is 14.5 Å². The van der Waals surface area contributed by atoms with Gasteiger partial charge in [0.15, 0.2) is 5.78 Å². The first kappa shape index (κ1) is 20.8. The molecule has 1 amide bonds. The minimum absolute atomic E-state index is 0.00141. The third kappa shape index (κ3) is 3.92. The number of amides is 1. The monoisotopic (exact) mass is 406 g/mol. The molecule has 1 aliphatic carbocycles. The number of hydrogen-bond donors (Lipinski definition) is 1. The molecule has 0 radical (unpaired) electrons. The lowest BCUT2D eigenvalue weighted by molar-refractivity contribution is 0.00191. The van der Waals surface area contributed by atoms with E-state index in [9.17, 15) is 9.59 Å². The highest BCUT2D eigenvalue weighted by Gasteiger charge is 2.29. The van der Waals surface area contributed by atoms with Crippen LogP contribution in [0.25, 0.3) is 11.1 Å². The van der Waals surface area contributed by atoms with Crippen LogP contribution in [0.5, 0.6) is 0 Å². The predicted octanol–water partition coefficient (Wildman–Crippen LogP) is 3.76. The molecular formula is C25H30N2O3. The number of nitrogens with zero attached hydrogens (tertiary/aromatic N) is 1. The quantitative estimate of drug-likeness (QED) is 0.649. The smallest absolute Gasteiger partial charge is 0.251 e. The van der Waals surface area contributed by atoms with Gasteiger partial charge in [0.25, 0.3) is 5.91 Å². The zero-order chi connectivity index (χ0) is 21.1. The van der Waals surface area contributed by atoms with E-state index in [-0.39, 0.29) is 11.7 Å². The number of rotatable bonds is 7. The Morgan fingerprint density at radius 3 is 2.37 bits per heavy atom. The minimum atomic E-state index is -0.120. The maximum Gasteiger partial charge on any atom is 0.251 e. The second-order valence-electron chi connectivity index (χ2n) is 8.14. The zero-order valence-electron chi connectivity index (χ0n) is 17.8. The zero-order valence-corrected chi connectivity index (χ0v) is 17.8. The van der Waals surface area contributed by atoms with E-state index in [1.807, 2.05) is 36.4 Å². The van der Waals surface area contributed by atoms with Crippen LogP contribution in [-0.2, 0) is 4.74 Å². The second kappa shape index (κ2) is 9.11. The van der Waals surface area contributed by atoms with Gasteiger partial charge in [0.05, 0.1) is 13.2 Å². The first-order valence-electron chi connectivity index (χ1n) is 11.0. The van der Waals surface area contributed by atoms with E-state index in [4.69, 9.17) is 4.74 Å². The highest BCUT2D eigenvalue weighted by Crippen LogP contribution is 2.36. The lowest BCUT2D eigenvalue weighted by atomic mass is 9.92. The summed E-state index contributed by atoms with van der Waals surface area (Å²) in [5, 5.41) is 3.14. The van der Waals surface area contributed by atoms with Crippen molar-refractivity contribution >= 4 is 11.7 Å². The van der Waals surface area contributed by atoms with E-state index in [2.05, 4.69) is 24.1 Å². The molecule has 4 rings (SSSR count). The molecule has 1 saturated heterocycles. The SMILES string of the molecule is CCC(CC)C(CNC(=O)c1ccc2c(c1)C(=O)c1ccccc1-2)N1CCOCC1. The third-order valence-electron chi connectivity index (χ3n) is 6.57. The molecule has 1 heterocycles. The van der Waals surface area contributed by atoms with Crippen LogP contribution in [0, 0.1) is 5.92 Å². The molecule has 1 aliphatic heterocycles. The van der Waals surface area contributed by atoms with Crippen molar-refractivity contribution in [1.29, 1.82) is 0 Å². The Labute approximate surface area is 178 Å². The normalized spacial score (nSPS) is 17.0. The number of fused-ring (bicyclic) bond motifs is 3. The highest BCUT2D eigenvalue weighted by atomic mass is 16.5. The molecule has 158 valence electrons. The molecule has 1 atom stereocenters. The standard InChI is InChI=1S/C25H30N2O3/c1-3-17(4-2)23(27-11-13-30-14-12-27)16-26-25(29)18-9-10-20-19-7-5-6-8-21(19)24(28)22(20)15-18/h5-10,15,17,23H,3-4,11-14,16H2,1-2H3,(H,26,29). The Kier molecular flexibility index (Phi) is 6.30. The average Bonchev–Trinajstić information content (AvgIpc) is 3.09. The highest BCUT2D eigenvalue weighted by molar-refractivity contribution is 6.22. The summed E-state index contributed by atoms with van der Waals surface area (Å²) < 4.78 is 5.51. The number of carbonyl (C=O) groups excluding carboxylic acids is 2. The second-order valence-corrected chi connectivity index (χ2v) is 8.14. The Bertz CT molecular complexity index is 930. The van der Waals surface area contributed by atoms with E-state index in [0.29, 0.717) is 35.2 Å². The molecule has 5 nitrogen and oxygen atoms in total. The molecule has 2 aromatic carbocycles. The number of morpholine rings is 1. The van der Waals surface area contributed by atoms with Crippen LogP contribution < -0.4 is 5.32 Å². The van der Waals surface area contributed by atoms with Gasteiger partial charge >= 0.3 is 0 Å².